The molecule has 0 fully saturated rings. The van der Waals surface area contributed by atoms with E-state index in [0.717, 1.165) is 4.90 Å². The van der Waals surface area contributed by atoms with Crippen molar-refractivity contribution >= 4 is 65.7 Å². The number of ether oxygens (including phenoxy) is 2. The minimum Gasteiger partial charge on any atom is -0.493 e. The first-order chi connectivity index (χ1) is 19.4. The van der Waals surface area contributed by atoms with Gasteiger partial charge in [0.15, 0.2) is 15.5 Å². The van der Waals surface area contributed by atoms with Gasteiger partial charge < -0.3 is 30.9 Å². The molecule has 1 heterocycles. The molecule has 1 aromatic heterocycles. The quantitative estimate of drug-likeness (QED) is 0.0263. The average molecular weight is 628 g/mol. The van der Waals surface area contributed by atoms with Crippen LogP contribution in [0.1, 0.15) is 24.0 Å². The molecular weight excluding hydrogens is 598 g/mol. The Balaban J connectivity index is 0.000000711. The molecule has 0 unspecified atom stereocenters. The number of hydrogen-bond donors (Lipinski definition) is 5. The number of nitrogen functional groups attached to an aromatic ring is 1. The molecule has 0 saturated heterocycles. The van der Waals surface area contributed by atoms with Crippen molar-refractivity contribution in [2.45, 2.75) is 24.7 Å². The Kier molecular flexibility index (Phi) is 19.0. The number of hydrogen-bond acceptors (Lipinski definition) is 13. The van der Waals surface area contributed by atoms with Crippen LogP contribution >= 0.6 is 36.2 Å². The van der Waals surface area contributed by atoms with Crippen LogP contribution in [0.25, 0.3) is 6.08 Å². The van der Waals surface area contributed by atoms with Crippen LogP contribution in [-0.2, 0) is 19.2 Å². The highest BCUT2D eigenvalue weighted by molar-refractivity contribution is 7.80. The van der Waals surface area contributed by atoms with Crippen molar-refractivity contribution in [1.82, 2.24) is 10.2 Å². The van der Waals surface area contributed by atoms with Crippen LogP contribution in [-0.4, -0.2) is 52.5 Å². The summed E-state index contributed by atoms with van der Waals surface area (Å²) >= 11 is 10.1. The summed E-state index contributed by atoms with van der Waals surface area (Å²) in [5, 5.41) is 22.5. The number of aromatic amines is 1. The number of carboxylic acid groups (broad SMARTS) is 1. The molecule has 3 rings (SSSR count). The number of nitrogens with one attached hydrogen (secondary N) is 1. The molecule has 0 spiro atoms. The van der Waals surface area contributed by atoms with Crippen molar-refractivity contribution in [3.05, 3.63) is 73.7 Å². The van der Waals surface area contributed by atoms with E-state index in [1.807, 2.05) is 24.3 Å². The highest BCUT2D eigenvalue weighted by Crippen LogP contribution is 2.29. The second-order valence-corrected chi connectivity index (χ2v) is 9.39. The summed E-state index contributed by atoms with van der Waals surface area (Å²) in [7, 11) is 1.40. The maximum Gasteiger partial charge on any atom is 0.311 e. The average Bonchev–Trinajstić information content (AvgIpc) is 3.31. The van der Waals surface area contributed by atoms with Gasteiger partial charge in [0, 0.05) is 17.4 Å². The number of thiol groups is 1. The number of amides is 1. The predicted molar refractivity (Wildman–Crippen MR) is 158 cm³/mol. The lowest BCUT2D eigenvalue weighted by atomic mass is 10.2. The molecule has 17 heteroatoms. The molecule has 6 N–H and O–H groups in total. The fourth-order valence-electron chi connectivity index (χ4n) is 2.37. The van der Waals surface area contributed by atoms with E-state index in [2.05, 4.69) is 46.8 Å². The van der Waals surface area contributed by atoms with Gasteiger partial charge in [0.05, 0.1) is 13.7 Å². The largest absolute Gasteiger partial charge is 0.493 e. The van der Waals surface area contributed by atoms with E-state index in [1.165, 1.54) is 42.2 Å². The Morgan fingerprint density at radius 1 is 1.24 bits per heavy atom. The molecule has 14 nitrogen and oxygen atoms in total. The highest BCUT2D eigenvalue weighted by atomic mass is 32.1. The van der Waals surface area contributed by atoms with E-state index in [-0.39, 0.29) is 31.7 Å². The Morgan fingerprint density at radius 3 is 2.32 bits per heavy atom. The Bertz CT molecular complexity index is 1310. The number of carbonyl (C=O) groups excluding carboxylic acids is 2. The first-order valence-electron chi connectivity index (χ1n) is 11.2. The highest BCUT2D eigenvalue weighted by Gasteiger charge is 2.11. The first-order valence-corrected chi connectivity index (χ1v) is 12.9. The molecule has 41 heavy (non-hydrogen) atoms. The van der Waals surface area contributed by atoms with Crippen molar-refractivity contribution in [3.63, 3.8) is 0 Å². The van der Waals surface area contributed by atoms with E-state index in [1.54, 1.807) is 12.1 Å². The number of carbonyl (C=O) groups is 3. The SMILES string of the molecule is COc1cc(/C=C/C(N)=O)ccc1OC(=O)CCCO[N+](=O)[O-].Cc1ccc(S)cc1.Nc1n[nH]c(=S)s1.O=CO. The van der Waals surface area contributed by atoms with Gasteiger partial charge in [-0.15, -0.1) is 27.8 Å². The van der Waals surface area contributed by atoms with Crippen LogP contribution < -0.4 is 20.9 Å². The molecule has 0 aliphatic heterocycles. The van der Waals surface area contributed by atoms with E-state index >= 15 is 0 Å². The topological polar surface area (TPSA) is 223 Å². The Morgan fingerprint density at radius 2 is 1.88 bits per heavy atom. The number of benzene rings is 2. The number of nitrogens with two attached hydrogens (primary N) is 2. The third-order valence-electron chi connectivity index (χ3n) is 4.06. The normalized spacial score (nSPS) is 9.44. The monoisotopic (exact) mass is 627 g/mol. The molecule has 0 bridgehead atoms. The predicted octanol–water partition coefficient (Wildman–Crippen LogP) is 3.86. The van der Waals surface area contributed by atoms with Crippen molar-refractivity contribution in [2.24, 2.45) is 5.73 Å². The van der Waals surface area contributed by atoms with Crippen LogP contribution in [0.2, 0.25) is 0 Å². The van der Waals surface area contributed by atoms with Crippen molar-refractivity contribution in [3.8, 4) is 11.5 Å². The minimum absolute atomic E-state index is 0.0413. The zero-order valence-electron chi connectivity index (χ0n) is 21.9. The van der Waals surface area contributed by atoms with E-state index in [9.17, 15) is 19.7 Å². The number of esters is 1. The minimum atomic E-state index is -0.924. The van der Waals surface area contributed by atoms with Gasteiger partial charge in [-0.1, -0.05) is 35.1 Å². The molecule has 1 amide bonds. The summed E-state index contributed by atoms with van der Waals surface area (Å²) in [5.74, 6) is -0.664. The van der Waals surface area contributed by atoms with Crippen LogP contribution in [0.3, 0.4) is 0 Å². The molecule has 222 valence electrons. The van der Waals surface area contributed by atoms with E-state index < -0.39 is 17.0 Å². The second kappa shape index (κ2) is 21.4. The molecular formula is C24H29N5O9S3. The van der Waals surface area contributed by atoms with Crippen molar-refractivity contribution in [1.29, 1.82) is 0 Å². The molecule has 0 atom stereocenters. The maximum atomic E-state index is 11.6. The van der Waals surface area contributed by atoms with Gasteiger partial charge in [0.1, 0.15) is 0 Å². The van der Waals surface area contributed by atoms with E-state index in [0.29, 0.717) is 20.4 Å². The van der Waals surface area contributed by atoms with Crippen molar-refractivity contribution < 1.29 is 38.9 Å². The second-order valence-electron chi connectivity index (χ2n) is 7.17. The number of primary amides is 1. The summed E-state index contributed by atoms with van der Waals surface area (Å²) in [4.78, 5) is 45.8. The molecule has 0 saturated carbocycles. The third-order valence-corrected chi connectivity index (χ3v) is 5.28. The van der Waals surface area contributed by atoms with Gasteiger partial charge in [-0.3, -0.25) is 19.5 Å². The molecule has 0 radical (unpaired) electrons. The van der Waals surface area contributed by atoms with Gasteiger partial charge in [-0.25, -0.2) is 0 Å². The number of methoxy groups -OCH3 is 1. The molecule has 3 aromatic rings. The van der Waals surface area contributed by atoms with Crippen LogP contribution in [0.4, 0.5) is 5.13 Å². The summed E-state index contributed by atoms with van der Waals surface area (Å²) in [6.07, 6.45) is 2.79. The summed E-state index contributed by atoms with van der Waals surface area (Å²) < 4.78 is 10.9. The Labute approximate surface area is 249 Å². The van der Waals surface area contributed by atoms with Gasteiger partial charge in [-0.2, -0.15) is 0 Å². The number of aromatic nitrogens is 2. The number of aryl methyl sites for hydroxylation is 1. The summed E-state index contributed by atoms with van der Waals surface area (Å²) in [6, 6.07) is 12.7. The number of rotatable bonds is 9. The number of H-pyrrole nitrogens is 1. The van der Waals surface area contributed by atoms with E-state index in [4.69, 9.17) is 30.8 Å². The smallest absolute Gasteiger partial charge is 0.311 e. The fraction of sp³-hybridized carbons (Fsp3) is 0.208. The lowest BCUT2D eigenvalue weighted by molar-refractivity contribution is -0.757. The number of anilines is 1. The summed E-state index contributed by atoms with van der Waals surface area (Å²) in [6.45, 7) is 1.63. The fourth-order valence-corrected chi connectivity index (χ4v) is 3.19. The zero-order chi connectivity index (χ0) is 31.2. The standard InChI is InChI=1S/C14H16N2O7.C7H8S.C2H3N3S2.CH2O2/c1-21-12-9-10(5-7-13(15)17)4-6-11(12)23-14(18)3-2-8-22-16(19)20;1-6-2-4-7(8)5-3-6;3-1-4-5-2(6)7-1;2-1-3/h4-7,9H,2-3,8H2,1H3,(H2,15,17);2-5,8H,1H3;(H2,3,4)(H,5,6);1H,(H,2,3)/b7-5+;;;. The number of nitrogens with zero attached hydrogens (tertiary/aromatic N) is 2. The molecule has 0 aliphatic rings. The van der Waals surface area contributed by atoms with Gasteiger partial charge in [0.25, 0.3) is 11.6 Å². The van der Waals surface area contributed by atoms with Gasteiger partial charge in [-0.05, 0) is 61.5 Å². The first kappa shape index (κ1) is 36.5. The van der Waals surface area contributed by atoms with Gasteiger partial charge in [0.2, 0.25) is 11.0 Å². The lowest BCUT2D eigenvalue weighted by Gasteiger charge is -2.10. The summed E-state index contributed by atoms with van der Waals surface area (Å²) in [5.41, 5.74) is 12.1. The van der Waals surface area contributed by atoms with Crippen LogP contribution in [0.5, 0.6) is 11.5 Å². The third kappa shape index (κ3) is 19.3. The van der Waals surface area contributed by atoms with Crippen LogP contribution in [0, 0.1) is 21.0 Å². The molecule has 0 aliphatic carbocycles. The zero-order valence-corrected chi connectivity index (χ0v) is 24.4. The maximum absolute atomic E-state index is 11.6. The lowest BCUT2D eigenvalue weighted by Crippen LogP contribution is -2.11. The molecule has 2 aromatic carbocycles. The van der Waals surface area contributed by atoms with Crippen molar-refractivity contribution in [2.75, 3.05) is 19.5 Å². The van der Waals surface area contributed by atoms with Gasteiger partial charge >= 0.3 is 5.97 Å². The Hall–Kier alpha value is -4.48. The van der Waals surface area contributed by atoms with Crippen LogP contribution in [0.15, 0.2) is 53.4 Å².